The molecule has 2 rings (SSSR count). The lowest BCUT2D eigenvalue weighted by atomic mass is 10.1. The van der Waals surface area contributed by atoms with Crippen LogP contribution in [0.5, 0.6) is 5.75 Å². The number of halogens is 1. The van der Waals surface area contributed by atoms with E-state index in [0.29, 0.717) is 0 Å². The van der Waals surface area contributed by atoms with Crippen LogP contribution in [-0.4, -0.2) is 7.11 Å². The normalized spacial score (nSPS) is 10.0. The van der Waals surface area contributed by atoms with Crippen LogP contribution in [0.4, 0.5) is 0 Å². The minimum atomic E-state index is 0.738. The van der Waals surface area contributed by atoms with E-state index < -0.39 is 0 Å². The Kier molecular flexibility index (Phi) is 2.93. The van der Waals surface area contributed by atoms with Crippen molar-refractivity contribution in [3.63, 3.8) is 0 Å². The number of rotatable bonds is 2. The molecule has 2 heteroatoms. The summed E-state index contributed by atoms with van der Waals surface area (Å²) < 4.78 is 5.12. The second-order valence-corrected chi connectivity index (χ2v) is 3.58. The maximum absolute atomic E-state index is 5.82. The van der Waals surface area contributed by atoms with Gasteiger partial charge in [0.05, 0.1) is 7.11 Å². The Morgan fingerprint density at radius 2 is 1.80 bits per heavy atom. The molecule has 0 atom stereocenters. The Labute approximate surface area is 94.3 Å². The number of ether oxygens (including phenoxy) is 1. The number of hydrogen-bond acceptors (Lipinski definition) is 1. The Morgan fingerprint density at radius 1 is 1.07 bits per heavy atom. The quantitative estimate of drug-likeness (QED) is 0.743. The SMILES string of the molecule is COc1[c]c(-c2ccc(Cl)cc2)ccc1. The van der Waals surface area contributed by atoms with Gasteiger partial charge < -0.3 is 4.74 Å². The molecule has 0 bridgehead atoms. The van der Waals surface area contributed by atoms with E-state index in [4.69, 9.17) is 16.3 Å². The van der Waals surface area contributed by atoms with Crippen molar-refractivity contribution < 1.29 is 4.74 Å². The molecule has 0 fully saturated rings. The average Bonchev–Trinajstić information content (AvgIpc) is 2.30. The molecule has 2 aromatic rings. The lowest BCUT2D eigenvalue weighted by Gasteiger charge is -2.03. The molecule has 1 radical (unpaired) electrons. The predicted molar refractivity (Wildman–Crippen MR) is 62.3 cm³/mol. The lowest BCUT2D eigenvalue weighted by molar-refractivity contribution is 0.414. The van der Waals surface area contributed by atoms with E-state index >= 15 is 0 Å². The van der Waals surface area contributed by atoms with Crippen LogP contribution in [-0.2, 0) is 0 Å². The highest BCUT2D eigenvalue weighted by atomic mass is 35.5. The summed E-state index contributed by atoms with van der Waals surface area (Å²) in [5, 5.41) is 0.738. The summed E-state index contributed by atoms with van der Waals surface area (Å²) in [5.74, 6) is 0.738. The molecule has 0 amide bonds. The van der Waals surface area contributed by atoms with E-state index in [1.807, 2.05) is 42.5 Å². The third-order valence-corrected chi connectivity index (χ3v) is 2.40. The van der Waals surface area contributed by atoms with Crippen LogP contribution < -0.4 is 4.74 Å². The molecule has 0 N–H and O–H groups in total. The van der Waals surface area contributed by atoms with Crippen LogP contribution in [0.15, 0.2) is 42.5 Å². The standard InChI is InChI=1S/C13H10ClO/c1-15-13-4-2-3-11(9-13)10-5-7-12(14)8-6-10/h2-8H,1H3. The van der Waals surface area contributed by atoms with Crippen molar-refractivity contribution in [2.75, 3.05) is 7.11 Å². The van der Waals surface area contributed by atoms with Crippen molar-refractivity contribution in [1.82, 2.24) is 0 Å². The highest BCUT2D eigenvalue weighted by Gasteiger charge is 1.99. The average molecular weight is 218 g/mol. The zero-order valence-electron chi connectivity index (χ0n) is 8.33. The van der Waals surface area contributed by atoms with Gasteiger partial charge in [0.25, 0.3) is 0 Å². The summed E-state index contributed by atoms with van der Waals surface area (Å²) in [7, 11) is 1.64. The Balaban J connectivity index is 2.40. The van der Waals surface area contributed by atoms with Gasteiger partial charge >= 0.3 is 0 Å². The van der Waals surface area contributed by atoms with Gasteiger partial charge in [0.1, 0.15) is 5.75 Å². The predicted octanol–water partition coefficient (Wildman–Crippen LogP) is 3.82. The molecule has 75 valence electrons. The fourth-order valence-electron chi connectivity index (χ4n) is 1.36. The summed E-state index contributed by atoms with van der Waals surface area (Å²) in [6, 6.07) is 16.6. The molecule has 1 nitrogen and oxygen atoms in total. The second kappa shape index (κ2) is 4.37. The Morgan fingerprint density at radius 3 is 2.47 bits per heavy atom. The first kappa shape index (κ1) is 10.1. The largest absolute Gasteiger partial charge is 0.496 e. The van der Waals surface area contributed by atoms with Gasteiger partial charge in [-0.25, -0.2) is 0 Å². The van der Waals surface area contributed by atoms with Crippen molar-refractivity contribution in [2.45, 2.75) is 0 Å². The highest BCUT2D eigenvalue weighted by Crippen LogP contribution is 2.24. The van der Waals surface area contributed by atoms with Crippen LogP contribution in [0.1, 0.15) is 0 Å². The first-order valence-electron chi connectivity index (χ1n) is 4.62. The molecule has 15 heavy (non-hydrogen) atoms. The minimum Gasteiger partial charge on any atom is -0.496 e. The summed E-state index contributed by atoms with van der Waals surface area (Å²) in [4.78, 5) is 0. The van der Waals surface area contributed by atoms with Crippen LogP contribution >= 0.6 is 11.6 Å². The van der Waals surface area contributed by atoms with E-state index in [0.717, 1.165) is 21.9 Å². The van der Waals surface area contributed by atoms with Gasteiger partial charge in [-0.2, -0.15) is 0 Å². The van der Waals surface area contributed by atoms with Crippen LogP contribution in [0, 0.1) is 6.07 Å². The van der Waals surface area contributed by atoms with Crippen molar-refractivity contribution in [1.29, 1.82) is 0 Å². The zero-order valence-corrected chi connectivity index (χ0v) is 9.08. The van der Waals surface area contributed by atoms with Crippen molar-refractivity contribution in [2.24, 2.45) is 0 Å². The van der Waals surface area contributed by atoms with Crippen molar-refractivity contribution >= 4 is 11.6 Å². The van der Waals surface area contributed by atoms with Crippen molar-refractivity contribution in [3.05, 3.63) is 53.6 Å². The Hall–Kier alpha value is -1.47. The monoisotopic (exact) mass is 217 g/mol. The number of hydrogen-bond donors (Lipinski definition) is 0. The molecule has 0 aliphatic heterocycles. The zero-order chi connectivity index (χ0) is 10.7. The third kappa shape index (κ3) is 2.31. The van der Waals surface area contributed by atoms with Crippen molar-refractivity contribution in [3.8, 4) is 16.9 Å². The van der Waals surface area contributed by atoms with Gasteiger partial charge in [-0.1, -0.05) is 35.9 Å². The van der Waals surface area contributed by atoms with E-state index in [9.17, 15) is 0 Å². The molecule has 0 aromatic heterocycles. The number of methoxy groups -OCH3 is 1. The highest BCUT2D eigenvalue weighted by molar-refractivity contribution is 6.30. The van der Waals surface area contributed by atoms with E-state index in [1.54, 1.807) is 7.11 Å². The topological polar surface area (TPSA) is 9.23 Å². The fraction of sp³-hybridized carbons (Fsp3) is 0.0769. The van der Waals surface area contributed by atoms with Gasteiger partial charge in [0.2, 0.25) is 0 Å². The van der Waals surface area contributed by atoms with Gasteiger partial charge in [-0.15, -0.1) is 0 Å². The maximum Gasteiger partial charge on any atom is 0.127 e. The minimum absolute atomic E-state index is 0.738. The van der Waals surface area contributed by atoms with E-state index in [2.05, 4.69) is 6.07 Å². The summed E-state index contributed by atoms with van der Waals surface area (Å²) in [5.41, 5.74) is 2.09. The summed E-state index contributed by atoms with van der Waals surface area (Å²) in [6.45, 7) is 0. The first-order chi connectivity index (χ1) is 7.29. The van der Waals surface area contributed by atoms with E-state index in [1.165, 1.54) is 0 Å². The first-order valence-corrected chi connectivity index (χ1v) is 4.99. The number of benzene rings is 2. The van der Waals surface area contributed by atoms with Crippen LogP contribution in [0.3, 0.4) is 0 Å². The van der Waals surface area contributed by atoms with Gasteiger partial charge in [-0.05, 0) is 29.3 Å². The van der Waals surface area contributed by atoms with Crippen LogP contribution in [0.2, 0.25) is 5.02 Å². The fourth-order valence-corrected chi connectivity index (χ4v) is 1.49. The molecule has 0 aliphatic rings. The Bertz CT molecular complexity index is 448. The van der Waals surface area contributed by atoms with Gasteiger partial charge in [-0.3, -0.25) is 0 Å². The summed E-state index contributed by atoms with van der Waals surface area (Å²) >= 11 is 5.82. The molecule has 0 heterocycles. The molecule has 0 unspecified atom stereocenters. The molecular weight excluding hydrogens is 208 g/mol. The maximum atomic E-state index is 5.82. The second-order valence-electron chi connectivity index (χ2n) is 3.14. The van der Waals surface area contributed by atoms with Crippen LogP contribution in [0.25, 0.3) is 11.1 Å². The smallest absolute Gasteiger partial charge is 0.127 e. The molecule has 0 spiro atoms. The molecule has 2 aromatic carbocycles. The van der Waals surface area contributed by atoms with Gasteiger partial charge in [0.15, 0.2) is 0 Å². The summed E-state index contributed by atoms with van der Waals surface area (Å²) in [6.07, 6.45) is 0. The van der Waals surface area contributed by atoms with Gasteiger partial charge in [0, 0.05) is 11.1 Å². The molecule has 0 saturated carbocycles. The molecule has 0 saturated heterocycles. The molecular formula is C13H10ClO. The third-order valence-electron chi connectivity index (χ3n) is 2.14. The molecule has 0 aliphatic carbocycles. The lowest BCUT2D eigenvalue weighted by Crippen LogP contribution is -1.84. The van der Waals surface area contributed by atoms with E-state index in [-0.39, 0.29) is 0 Å².